The maximum Gasteiger partial charge on any atom is 0.335 e. The molecule has 0 saturated heterocycles. The van der Waals surface area contributed by atoms with Gasteiger partial charge in [-0.15, -0.1) is 0 Å². The average Bonchev–Trinajstić information content (AvgIpc) is 3.13. The fourth-order valence-electron chi connectivity index (χ4n) is 2.08. The van der Waals surface area contributed by atoms with Crippen molar-refractivity contribution in [2.75, 3.05) is 0 Å². The van der Waals surface area contributed by atoms with Crippen LogP contribution in [0.3, 0.4) is 0 Å². The highest BCUT2D eigenvalue weighted by molar-refractivity contribution is 5.96. The second-order valence-electron chi connectivity index (χ2n) is 4.92. The molecule has 1 amide bonds. The first-order valence-electron chi connectivity index (χ1n) is 6.16. The molecule has 1 aromatic rings. The second kappa shape index (κ2) is 4.80. The molecular formula is C14H17NO3. The Morgan fingerprint density at radius 1 is 1.17 bits per heavy atom. The Bertz CT molecular complexity index is 458. The minimum atomic E-state index is -0.975. The largest absolute Gasteiger partial charge is 0.478 e. The van der Waals surface area contributed by atoms with Gasteiger partial charge in [-0.2, -0.15) is 0 Å². The SMILES string of the molecule is CC(C)N(C(=O)c1ccc(C(=O)O)cc1)C1CC1. The van der Waals surface area contributed by atoms with Gasteiger partial charge in [-0.1, -0.05) is 0 Å². The Hall–Kier alpha value is -1.84. The fourth-order valence-corrected chi connectivity index (χ4v) is 2.08. The van der Waals surface area contributed by atoms with E-state index in [1.54, 1.807) is 12.1 Å². The number of nitrogens with zero attached hydrogens (tertiary/aromatic N) is 1. The first-order valence-corrected chi connectivity index (χ1v) is 6.16. The molecule has 18 heavy (non-hydrogen) atoms. The lowest BCUT2D eigenvalue weighted by Crippen LogP contribution is -2.38. The Labute approximate surface area is 106 Å². The topological polar surface area (TPSA) is 57.6 Å². The molecule has 0 unspecified atom stereocenters. The molecule has 96 valence electrons. The number of carbonyl (C=O) groups excluding carboxylic acids is 1. The summed E-state index contributed by atoms with van der Waals surface area (Å²) < 4.78 is 0. The monoisotopic (exact) mass is 247 g/mol. The Balaban J connectivity index is 2.19. The summed E-state index contributed by atoms with van der Waals surface area (Å²) in [5.41, 5.74) is 0.759. The summed E-state index contributed by atoms with van der Waals surface area (Å²) in [5, 5.41) is 8.81. The van der Waals surface area contributed by atoms with Crippen LogP contribution >= 0.6 is 0 Å². The summed E-state index contributed by atoms with van der Waals surface area (Å²) >= 11 is 0. The fraction of sp³-hybridized carbons (Fsp3) is 0.429. The predicted octanol–water partition coefficient (Wildman–Crippen LogP) is 2.40. The van der Waals surface area contributed by atoms with Gasteiger partial charge < -0.3 is 10.0 Å². The zero-order valence-corrected chi connectivity index (χ0v) is 10.6. The minimum absolute atomic E-state index is 0.00978. The summed E-state index contributed by atoms with van der Waals surface area (Å²) in [5.74, 6) is -0.985. The number of carboxylic acids is 1. The van der Waals surface area contributed by atoms with Crippen LogP contribution < -0.4 is 0 Å². The van der Waals surface area contributed by atoms with Crippen molar-refractivity contribution in [3.63, 3.8) is 0 Å². The van der Waals surface area contributed by atoms with E-state index in [2.05, 4.69) is 0 Å². The van der Waals surface area contributed by atoms with Gasteiger partial charge in [0.05, 0.1) is 5.56 Å². The highest BCUT2D eigenvalue weighted by atomic mass is 16.4. The molecule has 0 bridgehead atoms. The standard InChI is InChI=1S/C14H17NO3/c1-9(2)15(12-7-8-12)13(16)10-3-5-11(6-4-10)14(17)18/h3-6,9,12H,7-8H2,1-2H3,(H,17,18). The van der Waals surface area contributed by atoms with Crippen LogP contribution in [0.15, 0.2) is 24.3 Å². The Morgan fingerprint density at radius 3 is 2.06 bits per heavy atom. The molecule has 1 N–H and O–H groups in total. The third-order valence-corrected chi connectivity index (χ3v) is 3.11. The third-order valence-electron chi connectivity index (χ3n) is 3.11. The van der Waals surface area contributed by atoms with Crippen LogP contribution in [-0.4, -0.2) is 34.0 Å². The molecule has 1 aliphatic carbocycles. The predicted molar refractivity (Wildman–Crippen MR) is 67.7 cm³/mol. The molecule has 1 fully saturated rings. The number of hydrogen-bond donors (Lipinski definition) is 1. The normalized spacial score (nSPS) is 14.6. The molecule has 0 spiro atoms. The number of aromatic carboxylic acids is 1. The number of hydrogen-bond acceptors (Lipinski definition) is 2. The van der Waals surface area contributed by atoms with Crippen LogP contribution in [0.5, 0.6) is 0 Å². The Kier molecular flexibility index (Phi) is 3.36. The van der Waals surface area contributed by atoms with Crippen LogP contribution in [-0.2, 0) is 0 Å². The van der Waals surface area contributed by atoms with Gasteiger partial charge in [0.25, 0.3) is 5.91 Å². The molecule has 1 saturated carbocycles. The lowest BCUT2D eigenvalue weighted by molar-refractivity contribution is 0.0678. The zero-order chi connectivity index (χ0) is 13.3. The number of amides is 1. The van der Waals surface area contributed by atoms with Gasteiger partial charge >= 0.3 is 5.97 Å². The van der Waals surface area contributed by atoms with Gasteiger partial charge in [-0.3, -0.25) is 4.79 Å². The molecule has 0 heterocycles. The van der Waals surface area contributed by atoms with Crippen molar-refractivity contribution >= 4 is 11.9 Å². The van der Waals surface area contributed by atoms with E-state index >= 15 is 0 Å². The van der Waals surface area contributed by atoms with E-state index < -0.39 is 5.97 Å². The van der Waals surface area contributed by atoms with Crippen LogP contribution in [0, 0.1) is 0 Å². The first kappa shape index (κ1) is 12.6. The number of benzene rings is 1. The van der Waals surface area contributed by atoms with Crippen molar-refractivity contribution < 1.29 is 14.7 Å². The van der Waals surface area contributed by atoms with Crippen molar-refractivity contribution in [2.24, 2.45) is 0 Å². The van der Waals surface area contributed by atoms with Gasteiger partial charge in [0.15, 0.2) is 0 Å². The summed E-state index contributed by atoms with van der Waals surface area (Å²) in [6.45, 7) is 4.00. The molecule has 0 aromatic heterocycles. The van der Waals surface area contributed by atoms with Crippen LogP contribution in [0.1, 0.15) is 47.4 Å². The highest BCUT2D eigenvalue weighted by Crippen LogP contribution is 2.30. The third kappa shape index (κ3) is 2.53. The lowest BCUT2D eigenvalue weighted by atomic mass is 10.1. The number of carbonyl (C=O) groups is 2. The van der Waals surface area contributed by atoms with Crippen LogP contribution in [0.25, 0.3) is 0 Å². The molecule has 4 heteroatoms. The molecule has 0 aliphatic heterocycles. The van der Waals surface area contributed by atoms with Crippen molar-refractivity contribution in [1.29, 1.82) is 0 Å². The van der Waals surface area contributed by atoms with Gasteiger partial charge in [0.2, 0.25) is 0 Å². The molecule has 0 radical (unpaired) electrons. The van der Waals surface area contributed by atoms with Crippen molar-refractivity contribution in [1.82, 2.24) is 4.90 Å². The molecule has 0 atom stereocenters. The van der Waals surface area contributed by atoms with E-state index in [0.29, 0.717) is 11.6 Å². The Morgan fingerprint density at radius 2 is 1.67 bits per heavy atom. The molecule has 1 aliphatic rings. The van der Waals surface area contributed by atoms with E-state index in [-0.39, 0.29) is 17.5 Å². The summed E-state index contributed by atoms with van der Waals surface area (Å²) in [6, 6.07) is 6.65. The van der Waals surface area contributed by atoms with Gasteiger partial charge in [-0.05, 0) is 51.0 Å². The summed E-state index contributed by atoms with van der Waals surface area (Å²) in [4.78, 5) is 25.0. The number of rotatable bonds is 4. The summed E-state index contributed by atoms with van der Waals surface area (Å²) in [6.07, 6.45) is 2.13. The van der Waals surface area contributed by atoms with Gasteiger partial charge in [0.1, 0.15) is 0 Å². The second-order valence-corrected chi connectivity index (χ2v) is 4.92. The van der Waals surface area contributed by atoms with E-state index in [1.807, 2.05) is 18.7 Å². The quantitative estimate of drug-likeness (QED) is 0.888. The lowest BCUT2D eigenvalue weighted by Gasteiger charge is -2.26. The molecule has 1 aromatic carbocycles. The van der Waals surface area contributed by atoms with Crippen LogP contribution in [0.4, 0.5) is 0 Å². The number of carboxylic acid groups (broad SMARTS) is 1. The van der Waals surface area contributed by atoms with E-state index in [1.165, 1.54) is 12.1 Å². The van der Waals surface area contributed by atoms with Gasteiger partial charge in [-0.25, -0.2) is 4.79 Å². The van der Waals surface area contributed by atoms with Crippen molar-refractivity contribution in [3.8, 4) is 0 Å². The highest BCUT2D eigenvalue weighted by Gasteiger charge is 2.34. The molecule has 4 nitrogen and oxygen atoms in total. The minimum Gasteiger partial charge on any atom is -0.478 e. The van der Waals surface area contributed by atoms with Gasteiger partial charge in [0, 0.05) is 17.6 Å². The van der Waals surface area contributed by atoms with E-state index in [4.69, 9.17) is 5.11 Å². The van der Waals surface area contributed by atoms with E-state index in [9.17, 15) is 9.59 Å². The maximum absolute atomic E-state index is 12.3. The van der Waals surface area contributed by atoms with Crippen LogP contribution in [0.2, 0.25) is 0 Å². The van der Waals surface area contributed by atoms with Crippen molar-refractivity contribution in [2.45, 2.75) is 38.8 Å². The maximum atomic E-state index is 12.3. The zero-order valence-electron chi connectivity index (χ0n) is 10.6. The molecular weight excluding hydrogens is 230 g/mol. The average molecular weight is 247 g/mol. The first-order chi connectivity index (χ1) is 8.50. The smallest absolute Gasteiger partial charge is 0.335 e. The van der Waals surface area contributed by atoms with E-state index in [0.717, 1.165) is 12.8 Å². The van der Waals surface area contributed by atoms with Crippen molar-refractivity contribution in [3.05, 3.63) is 35.4 Å². The molecule has 2 rings (SSSR count). The summed E-state index contributed by atoms with van der Waals surface area (Å²) in [7, 11) is 0.